The molecule has 0 spiro atoms. The van der Waals surface area contributed by atoms with Gasteiger partial charge in [-0.2, -0.15) is 4.98 Å². The number of ketones is 1. The zero-order valence-electron chi connectivity index (χ0n) is 15.6. The molecule has 0 aliphatic heterocycles. The van der Waals surface area contributed by atoms with Crippen LogP contribution in [0.2, 0.25) is 0 Å². The van der Waals surface area contributed by atoms with Crippen LogP contribution in [0.3, 0.4) is 0 Å². The number of rotatable bonds is 3. The molecule has 0 atom stereocenters. The topological polar surface area (TPSA) is 83.3 Å². The summed E-state index contributed by atoms with van der Waals surface area (Å²) in [7, 11) is 1.56. The maximum Gasteiger partial charge on any atom is 0.332 e. The van der Waals surface area contributed by atoms with Crippen molar-refractivity contribution in [1.29, 1.82) is 0 Å². The Kier molecular flexibility index (Phi) is 3.66. The highest BCUT2D eigenvalue weighted by Crippen LogP contribution is 2.24. The van der Waals surface area contributed by atoms with Crippen LogP contribution in [0.25, 0.3) is 22.6 Å². The van der Waals surface area contributed by atoms with Gasteiger partial charge in [0.25, 0.3) is 5.56 Å². The smallest absolute Gasteiger partial charge is 0.298 e. The fourth-order valence-corrected chi connectivity index (χ4v) is 3.50. The van der Waals surface area contributed by atoms with E-state index in [1.807, 2.05) is 48.7 Å². The van der Waals surface area contributed by atoms with Gasteiger partial charge >= 0.3 is 5.69 Å². The van der Waals surface area contributed by atoms with Gasteiger partial charge in [0.1, 0.15) is 5.78 Å². The van der Waals surface area contributed by atoms with Gasteiger partial charge in [0, 0.05) is 24.1 Å². The first-order valence-electron chi connectivity index (χ1n) is 8.57. The van der Waals surface area contributed by atoms with E-state index in [1.54, 1.807) is 11.4 Å². The molecule has 3 heterocycles. The van der Waals surface area contributed by atoms with Gasteiger partial charge in [-0.1, -0.05) is 18.2 Å². The molecule has 0 fully saturated rings. The summed E-state index contributed by atoms with van der Waals surface area (Å²) in [5.41, 5.74) is 2.24. The lowest BCUT2D eigenvalue weighted by Crippen LogP contribution is -2.40. The summed E-state index contributed by atoms with van der Waals surface area (Å²) in [4.78, 5) is 41.8. The van der Waals surface area contributed by atoms with Crippen molar-refractivity contribution in [2.45, 2.75) is 27.3 Å². The second-order valence-electron chi connectivity index (χ2n) is 6.70. The lowest BCUT2D eigenvalue weighted by Gasteiger charge is -2.07. The number of aryl methyl sites for hydroxylation is 2. The van der Waals surface area contributed by atoms with E-state index >= 15 is 0 Å². The fraction of sp³-hybridized carbons (Fsp3) is 0.263. The summed E-state index contributed by atoms with van der Waals surface area (Å²) in [6, 6.07) is 9.70. The molecule has 0 N–H and O–H groups in total. The predicted molar refractivity (Wildman–Crippen MR) is 102 cm³/mol. The number of nitrogens with zero attached hydrogens (tertiary/aromatic N) is 5. The van der Waals surface area contributed by atoms with Gasteiger partial charge in [0.15, 0.2) is 11.2 Å². The second-order valence-corrected chi connectivity index (χ2v) is 6.70. The minimum absolute atomic E-state index is 0.258. The SMILES string of the molecule is CC(=O)Cn1c(=O)c2c(nc3n(-c4ccccc4)c(C)c(C)n23)n(C)c1=O. The molecule has 0 bridgehead atoms. The molecule has 0 aliphatic rings. The molecule has 0 radical (unpaired) electrons. The fourth-order valence-electron chi connectivity index (χ4n) is 3.50. The highest BCUT2D eigenvalue weighted by atomic mass is 16.2. The molecule has 0 unspecified atom stereocenters. The number of hydrogen-bond acceptors (Lipinski definition) is 4. The van der Waals surface area contributed by atoms with Crippen molar-refractivity contribution < 1.29 is 4.79 Å². The molecule has 138 valence electrons. The van der Waals surface area contributed by atoms with Crippen LogP contribution in [0, 0.1) is 13.8 Å². The summed E-state index contributed by atoms with van der Waals surface area (Å²) in [5.74, 6) is 0.294. The lowest BCUT2D eigenvalue weighted by atomic mass is 10.3. The molecule has 0 aliphatic carbocycles. The molecule has 0 saturated heterocycles. The van der Waals surface area contributed by atoms with Crippen molar-refractivity contribution in [2.75, 3.05) is 0 Å². The number of para-hydroxylation sites is 1. The summed E-state index contributed by atoms with van der Waals surface area (Å²) in [6.07, 6.45) is 0. The van der Waals surface area contributed by atoms with E-state index in [0.29, 0.717) is 16.9 Å². The second kappa shape index (κ2) is 5.80. The maximum atomic E-state index is 13.0. The summed E-state index contributed by atoms with van der Waals surface area (Å²) in [6.45, 7) is 4.96. The van der Waals surface area contributed by atoms with Crippen LogP contribution in [-0.4, -0.2) is 28.9 Å². The van der Waals surface area contributed by atoms with Gasteiger partial charge < -0.3 is 0 Å². The lowest BCUT2D eigenvalue weighted by molar-refractivity contribution is -0.117. The highest BCUT2D eigenvalue weighted by Gasteiger charge is 2.23. The van der Waals surface area contributed by atoms with Gasteiger partial charge in [-0.15, -0.1) is 0 Å². The van der Waals surface area contributed by atoms with Crippen LogP contribution >= 0.6 is 0 Å². The van der Waals surface area contributed by atoms with Crippen molar-refractivity contribution in [3.05, 3.63) is 62.6 Å². The summed E-state index contributed by atoms with van der Waals surface area (Å²) in [5, 5.41) is 0. The zero-order valence-corrected chi connectivity index (χ0v) is 15.6. The van der Waals surface area contributed by atoms with Crippen LogP contribution < -0.4 is 11.2 Å². The quantitative estimate of drug-likeness (QED) is 0.549. The number of benzene rings is 1. The molecule has 4 rings (SSSR count). The number of aromatic nitrogens is 5. The first kappa shape index (κ1) is 17.0. The van der Waals surface area contributed by atoms with Crippen LogP contribution in [-0.2, 0) is 18.4 Å². The Balaban J connectivity index is 2.21. The van der Waals surface area contributed by atoms with Crippen LogP contribution in [0.5, 0.6) is 0 Å². The first-order chi connectivity index (χ1) is 12.8. The third kappa shape index (κ3) is 2.29. The van der Waals surface area contributed by atoms with E-state index in [2.05, 4.69) is 4.98 Å². The molecule has 0 saturated carbocycles. The van der Waals surface area contributed by atoms with E-state index in [4.69, 9.17) is 0 Å². The van der Waals surface area contributed by atoms with Crippen LogP contribution in [0.1, 0.15) is 18.3 Å². The molecule has 8 nitrogen and oxygen atoms in total. The van der Waals surface area contributed by atoms with E-state index in [9.17, 15) is 14.4 Å². The highest BCUT2D eigenvalue weighted by molar-refractivity contribution is 5.79. The number of hydrogen-bond donors (Lipinski definition) is 0. The Labute approximate surface area is 153 Å². The largest absolute Gasteiger partial charge is 0.332 e. The third-order valence-corrected chi connectivity index (χ3v) is 4.91. The first-order valence-corrected chi connectivity index (χ1v) is 8.57. The molecule has 1 aromatic carbocycles. The number of carbonyl (C=O) groups is 1. The van der Waals surface area contributed by atoms with Crippen molar-refractivity contribution in [3.63, 3.8) is 0 Å². The third-order valence-electron chi connectivity index (χ3n) is 4.91. The number of imidazole rings is 2. The Hall–Kier alpha value is -3.42. The zero-order chi connectivity index (χ0) is 19.5. The van der Waals surface area contributed by atoms with Crippen LogP contribution in [0.15, 0.2) is 39.9 Å². The minimum Gasteiger partial charge on any atom is -0.298 e. The average Bonchev–Trinajstić information content (AvgIpc) is 3.14. The molecular weight excluding hydrogens is 346 g/mol. The molecule has 0 amide bonds. The molecule has 4 aromatic rings. The predicted octanol–water partition coefficient (Wildman–Crippen LogP) is 1.34. The van der Waals surface area contributed by atoms with Gasteiger partial charge in [0.05, 0.1) is 6.54 Å². The van der Waals surface area contributed by atoms with E-state index in [1.165, 1.54) is 11.5 Å². The van der Waals surface area contributed by atoms with Gasteiger partial charge in [-0.05, 0) is 32.9 Å². The maximum absolute atomic E-state index is 13.0. The molecule has 8 heteroatoms. The van der Waals surface area contributed by atoms with E-state index in [0.717, 1.165) is 21.6 Å². The Bertz CT molecular complexity index is 1340. The molecule has 27 heavy (non-hydrogen) atoms. The number of Topliss-reactive ketones (excluding diaryl/α,β-unsaturated/α-hetero) is 1. The molecule has 3 aromatic heterocycles. The van der Waals surface area contributed by atoms with Gasteiger partial charge in [-0.25, -0.2) is 4.79 Å². The van der Waals surface area contributed by atoms with Crippen molar-refractivity contribution in [1.82, 2.24) is 23.1 Å². The summed E-state index contributed by atoms with van der Waals surface area (Å²) < 4.78 is 5.99. The van der Waals surface area contributed by atoms with E-state index < -0.39 is 11.2 Å². The average molecular weight is 365 g/mol. The van der Waals surface area contributed by atoms with Gasteiger partial charge in [-0.3, -0.25) is 27.7 Å². The van der Waals surface area contributed by atoms with Gasteiger partial charge in [0.2, 0.25) is 5.78 Å². The Morgan fingerprint density at radius 3 is 2.37 bits per heavy atom. The summed E-state index contributed by atoms with van der Waals surface area (Å²) >= 11 is 0. The normalized spacial score (nSPS) is 11.6. The Morgan fingerprint density at radius 2 is 1.74 bits per heavy atom. The van der Waals surface area contributed by atoms with Crippen LogP contribution in [0.4, 0.5) is 0 Å². The minimum atomic E-state index is -0.552. The molecular formula is C19H19N5O3. The van der Waals surface area contributed by atoms with Crippen molar-refractivity contribution in [3.8, 4) is 5.69 Å². The van der Waals surface area contributed by atoms with Crippen molar-refractivity contribution in [2.24, 2.45) is 7.05 Å². The van der Waals surface area contributed by atoms with E-state index in [-0.39, 0.29) is 12.3 Å². The standard InChI is InChI=1S/C19H19N5O3/c1-11(25)10-22-17(26)15-16(21(4)19(22)27)20-18-23(12(2)13(3)24(15)18)14-8-6-5-7-9-14/h5-9H,10H2,1-4H3. The van der Waals surface area contributed by atoms with Crippen molar-refractivity contribution >= 4 is 22.7 Å². The monoisotopic (exact) mass is 365 g/mol. The Morgan fingerprint density at radius 1 is 1.07 bits per heavy atom. The number of fused-ring (bicyclic) bond motifs is 3. The number of carbonyl (C=O) groups excluding carboxylic acids is 1.